The van der Waals surface area contributed by atoms with Gasteiger partial charge in [0.05, 0.1) is 0 Å². The average molecular weight is 256 g/mol. The first-order chi connectivity index (χ1) is 9.22. The van der Waals surface area contributed by atoms with Crippen LogP contribution in [0.2, 0.25) is 0 Å². The molecule has 2 aromatic rings. The van der Waals surface area contributed by atoms with Gasteiger partial charge in [-0.25, -0.2) is 0 Å². The summed E-state index contributed by atoms with van der Waals surface area (Å²) >= 11 is 0. The molecule has 4 nitrogen and oxygen atoms in total. The lowest BCUT2D eigenvalue weighted by Crippen LogP contribution is -2.15. The normalized spacial score (nSPS) is 22.6. The molecule has 0 radical (unpaired) electrons. The quantitative estimate of drug-likeness (QED) is 0.917. The summed E-state index contributed by atoms with van der Waals surface area (Å²) in [5, 5.41) is 11.6. The fourth-order valence-corrected chi connectivity index (χ4v) is 2.83. The van der Waals surface area contributed by atoms with Crippen molar-refractivity contribution in [3.05, 3.63) is 30.6 Å². The Morgan fingerprint density at radius 1 is 1.21 bits per heavy atom. The SMILES string of the molecule is CC1CCC(Nc2ccc(-c3nncn3C)cc2)C1. The van der Waals surface area contributed by atoms with E-state index in [-0.39, 0.29) is 0 Å². The van der Waals surface area contributed by atoms with Crippen LogP contribution in [0.3, 0.4) is 0 Å². The Bertz CT molecular complexity index is 544. The first-order valence-electron chi connectivity index (χ1n) is 6.93. The highest BCUT2D eigenvalue weighted by Gasteiger charge is 2.20. The minimum absolute atomic E-state index is 0.635. The van der Waals surface area contributed by atoms with Crippen LogP contribution >= 0.6 is 0 Å². The Morgan fingerprint density at radius 3 is 2.58 bits per heavy atom. The molecule has 1 aliphatic rings. The summed E-state index contributed by atoms with van der Waals surface area (Å²) in [6.07, 6.45) is 5.63. The number of hydrogen-bond acceptors (Lipinski definition) is 3. The van der Waals surface area contributed by atoms with E-state index in [0.717, 1.165) is 17.3 Å². The molecule has 1 fully saturated rings. The number of nitrogens with zero attached hydrogens (tertiary/aromatic N) is 3. The van der Waals surface area contributed by atoms with Crippen LogP contribution in [0.1, 0.15) is 26.2 Å². The second kappa shape index (κ2) is 5.03. The van der Waals surface area contributed by atoms with Gasteiger partial charge in [-0.3, -0.25) is 0 Å². The molecule has 0 bridgehead atoms. The van der Waals surface area contributed by atoms with E-state index in [4.69, 9.17) is 0 Å². The maximum atomic E-state index is 4.12. The number of nitrogens with one attached hydrogen (secondary N) is 1. The summed E-state index contributed by atoms with van der Waals surface area (Å²) in [5.74, 6) is 1.76. The van der Waals surface area contributed by atoms with Crippen molar-refractivity contribution >= 4 is 5.69 Å². The molecule has 0 saturated heterocycles. The highest BCUT2D eigenvalue weighted by molar-refractivity contribution is 5.59. The second-order valence-corrected chi connectivity index (χ2v) is 5.60. The zero-order valence-corrected chi connectivity index (χ0v) is 11.5. The van der Waals surface area contributed by atoms with Gasteiger partial charge in [0.25, 0.3) is 0 Å². The van der Waals surface area contributed by atoms with Gasteiger partial charge < -0.3 is 9.88 Å². The topological polar surface area (TPSA) is 42.7 Å². The van der Waals surface area contributed by atoms with Gasteiger partial charge in [0.1, 0.15) is 6.33 Å². The Hall–Kier alpha value is -1.84. The number of rotatable bonds is 3. The van der Waals surface area contributed by atoms with Crippen LogP contribution in [0.25, 0.3) is 11.4 Å². The zero-order chi connectivity index (χ0) is 13.2. The molecule has 0 spiro atoms. The molecule has 2 unspecified atom stereocenters. The van der Waals surface area contributed by atoms with Gasteiger partial charge in [-0.2, -0.15) is 0 Å². The third-order valence-electron chi connectivity index (χ3n) is 3.92. The van der Waals surface area contributed by atoms with Crippen LogP contribution in [-0.4, -0.2) is 20.8 Å². The van der Waals surface area contributed by atoms with E-state index in [1.165, 1.54) is 24.9 Å². The highest BCUT2D eigenvalue weighted by Crippen LogP contribution is 2.28. The van der Waals surface area contributed by atoms with Crippen molar-refractivity contribution in [2.24, 2.45) is 13.0 Å². The lowest BCUT2D eigenvalue weighted by molar-refractivity contribution is 0.602. The molecule has 1 aromatic carbocycles. The average Bonchev–Trinajstić information content (AvgIpc) is 3.00. The molecule has 1 heterocycles. The van der Waals surface area contributed by atoms with Gasteiger partial charge in [-0.15, -0.1) is 10.2 Å². The largest absolute Gasteiger partial charge is 0.382 e. The van der Waals surface area contributed by atoms with Gasteiger partial charge in [-0.05, 0) is 49.4 Å². The molecule has 3 rings (SSSR count). The monoisotopic (exact) mass is 256 g/mol. The zero-order valence-electron chi connectivity index (χ0n) is 11.5. The molecular weight excluding hydrogens is 236 g/mol. The first kappa shape index (κ1) is 12.2. The summed E-state index contributed by atoms with van der Waals surface area (Å²) in [4.78, 5) is 0. The third kappa shape index (κ3) is 2.62. The fraction of sp³-hybridized carbons (Fsp3) is 0.467. The smallest absolute Gasteiger partial charge is 0.163 e. The van der Waals surface area contributed by atoms with Crippen LogP contribution in [0, 0.1) is 5.92 Å². The van der Waals surface area contributed by atoms with E-state index >= 15 is 0 Å². The Balaban J connectivity index is 1.71. The Labute approximate surface area is 113 Å². The Kier molecular flexibility index (Phi) is 3.23. The maximum absolute atomic E-state index is 4.12. The van der Waals surface area contributed by atoms with Crippen molar-refractivity contribution in [3.63, 3.8) is 0 Å². The number of aromatic nitrogens is 3. The van der Waals surface area contributed by atoms with Gasteiger partial charge in [0, 0.05) is 24.3 Å². The van der Waals surface area contributed by atoms with Crippen molar-refractivity contribution in [1.82, 2.24) is 14.8 Å². The fourth-order valence-electron chi connectivity index (χ4n) is 2.83. The summed E-state index contributed by atoms with van der Waals surface area (Å²) in [5.41, 5.74) is 2.30. The van der Waals surface area contributed by atoms with E-state index in [0.29, 0.717) is 6.04 Å². The molecule has 2 atom stereocenters. The van der Waals surface area contributed by atoms with Crippen LogP contribution < -0.4 is 5.32 Å². The summed E-state index contributed by atoms with van der Waals surface area (Å²) in [6, 6.07) is 9.10. The second-order valence-electron chi connectivity index (χ2n) is 5.60. The summed E-state index contributed by atoms with van der Waals surface area (Å²) < 4.78 is 1.93. The van der Waals surface area contributed by atoms with Crippen molar-refractivity contribution in [2.45, 2.75) is 32.2 Å². The van der Waals surface area contributed by atoms with E-state index in [1.54, 1.807) is 6.33 Å². The lowest BCUT2D eigenvalue weighted by atomic mass is 10.1. The maximum Gasteiger partial charge on any atom is 0.163 e. The third-order valence-corrected chi connectivity index (χ3v) is 3.92. The molecule has 1 aromatic heterocycles. The molecule has 4 heteroatoms. The summed E-state index contributed by atoms with van der Waals surface area (Å²) in [6.45, 7) is 2.33. The number of aryl methyl sites for hydroxylation is 1. The molecule has 0 aliphatic heterocycles. The van der Waals surface area contributed by atoms with E-state index in [2.05, 4.69) is 46.7 Å². The predicted molar refractivity (Wildman–Crippen MR) is 76.9 cm³/mol. The van der Waals surface area contributed by atoms with Crippen molar-refractivity contribution in [1.29, 1.82) is 0 Å². The minimum atomic E-state index is 0.635. The number of anilines is 1. The minimum Gasteiger partial charge on any atom is -0.382 e. The van der Waals surface area contributed by atoms with E-state index in [1.807, 2.05) is 11.6 Å². The molecule has 1 N–H and O–H groups in total. The van der Waals surface area contributed by atoms with Gasteiger partial charge in [0.15, 0.2) is 5.82 Å². The van der Waals surface area contributed by atoms with Crippen LogP contribution in [0.5, 0.6) is 0 Å². The van der Waals surface area contributed by atoms with Crippen LogP contribution in [0.15, 0.2) is 30.6 Å². The molecule has 19 heavy (non-hydrogen) atoms. The highest BCUT2D eigenvalue weighted by atomic mass is 15.2. The van der Waals surface area contributed by atoms with Gasteiger partial charge >= 0.3 is 0 Å². The molecule has 0 amide bonds. The van der Waals surface area contributed by atoms with Crippen molar-refractivity contribution in [2.75, 3.05) is 5.32 Å². The van der Waals surface area contributed by atoms with Gasteiger partial charge in [-0.1, -0.05) is 6.92 Å². The van der Waals surface area contributed by atoms with Crippen molar-refractivity contribution < 1.29 is 0 Å². The molecule has 1 saturated carbocycles. The van der Waals surface area contributed by atoms with Crippen LogP contribution in [0.4, 0.5) is 5.69 Å². The summed E-state index contributed by atoms with van der Waals surface area (Å²) in [7, 11) is 1.96. The lowest BCUT2D eigenvalue weighted by Gasteiger charge is -2.14. The standard InChI is InChI=1S/C15H20N4/c1-11-3-6-14(9-11)17-13-7-4-12(5-8-13)15-18-16-10-19(15)2/h4-5,7-8,10-11,14,17H,3,6,9H2,1-2H3. The number of hydrogen-bond donors (Lipinski definition) is 1. The molecular formula is C15H20N4. The molecule has 1 aliphatic carbocycles. The predicted octanol–water partition coefficient (Wildman–Crippen LogP) is 3.08. The van der Waals surface area contributed by atoms with Crippen molar-refractivity contribution in [3.8, 4) is 11.4 Å². The van der Waals surface area contributed by atoms with Gasteiger partial charge in [0.2, 0.25) is 0 Å². The number of benzene rings is 1. The van der Waals surface area contributed by atoms with E-state index < -0.39 is 0 Å². The van der Waals surface area contributed by atoms with Crippen LogP contribution in [-0.2, 0) is 7.05 Å². The van der Waals surface area contributed by atoms with E-state index in [9.17, 15) is 0 Å². The Morgan fingerprint density at radius 2 is 2.00 bits per heavy atom. The first-order valence-corrected chi connectivity index (χ1v) is 6.93. The molecule has 100 valence electrons.